The minimum atomic E-state index is -4.19. The summed E-state index contributed by atoms with van der Waals surface area (Å²) in [5.41, 5.74) is 1.17. The van der Waals surface area contributed by atoms with Gasteiger partial charge >= 0.3 is 5.97 Å². The summed E-state index contributed by atoms with van der Waals surface area (Å²) in [6.45, 7) is 3.59. The van der Waals surface area contributed by atoms with Gasteiger partial charge in [-0.05, 0) is 35.2 Å². The van der Waals surface area contributed by atoms with Gasteiger partial charge in [0, 0.05) is 13.6 Å². The minimum absolute atomic E-state index is 0.151. The van der Waals surface area contributed by atoms with Crippen molar-refractivity contribution in [1.82, 2.24) is 9.62 Å². The molecule has 0 aromatic heterocycles. The number of nitrogens with zero attached hydrogens (tertiary/aromatic N) is 1. The van der Waals surface area contributed by atoms with Gasteiger partial charge in [0.15, 0.2) is 0 Å². The normalized spacial score (nSPS) is 12.4. The van der Waals surface area contributed by atoms with E-state index in [0.717, 1.165) is 5.56 Å². The lowest BCUT2D eigenvalue weighted by Crippen LogP contribution is -2.44. The summed E-state index contributed by atoms with van der Waals surface area (Å²) in [6, 6.07) is 12.4. The fraction of sp³-hybridized carbons (Fsp3) is 0.364. The van der Waals surface area contributed by atoms with Gasteiger partial charge in [-0.3, -0.25) is 9.59 Å². The average Bonchev–Trinajstić information content (AvgIpc) is 2.72. The van der Waals surface area contributed by atoms with E-state index in [9.17, 15) is 23.1 Å². The van der Waals surface area contributed by atoms with Gasteiger partial charge < -0.3 is 14.7 Å². The predicted octanol–water partition coefficient (Wildman–Crippen LogP) is 2.28. The number of methoxy groups -OCH3 is 1. The average molecular weight is 449 g/mol. The summed E-state index contributed by atoms with van der Waals surface area (Å²) in [7, 11) is -1.11. The molecule has 0 radical (unpaired) electrons. The number of hydrogen-bond acceptors (Lipinski definition) is 5. The van der Waals surface area contributed by atoms with Crippen molar-refractivity contribution in [3.8, 4) is 5.75 Å². The zero-order valence-corrected chi connectivity index (χ0v) is 18.8. The number of carboxylic acid groups (broad SMARTS) is 1. The molecule has 2 aromatic rings. The third-order valence-electron chi connectivity index (χ3n) is 4.80. The molecule has 9 heteroatoms. The Labute approximate surface area is 182 Å². The lowest BCUT2D eigenvalue weighted by atomic mass is 10.1. The molecule has 1 atom stereocenters. The number of amides is 1. The van der Waals surface area contributed by atoms with E-state index in [4.69, 9.17) is 4.74 Å². The van der Waals surface area contributed by atoms with Crippen LogP contribution < -0.4 is 9.46 Å². The van der Waals surface area contributed by atoms with Crippen molar-refractivity contribution in [3.63, 3.8) is 0 Å². The van der Waals surface area contributed by atoms with Gasteiger partial charge in [-0.1, -0.05) is 44.2 Å². The van der Waals surface area contributed by atoms with Crippen LogP contribution in [0, 0.1) is 5.92 Å². The smallest absolute Gasteiger partial charge is 0.322 e. The Balaban J connectivity index is 2.32. The van der Waals surface area contributed by atoms with Crippen molar-refractivity contribution in [1.29, 1.82) is 0 Å². The predicted molar refractivity (Wildman–Crippen MR) is 116 cm³/mol. The maximum Gasteiger partial charge on any atom is 0.322 e. The summed E-state index contributed by atoms with van der Waals surface area (Å²) in [5.74, 6) is -1.63. The number of rotatable bonds is 10. The van der Waals surface area contributed by atoms with Gasteiger partial charge in [0.2, 0.25) is 15.9 Å². The molecule has 0 spiro atoms. The van der Waals surface area contributed by atoms with Crippen LogP contribution in [0.1, 0.15) is 25.0 Å². The molecule has 0 saturated carbocycles. The second-order valence-electron chi connectivity index (χ2n) is 7.57. The Bertz CT molecular complexity index is 1020. The largest absolute Gasteiger partial charge is 0.497 e. The Morgan fingerprint density at radius 3 is 2.32 bits per heavy atom. The second kappa shape index (κ2) is 10.4. The summed E-state index contributed by atoms with van der Waals surface area (Å²) in [4.78, 5) is 25.6. The minimum Gasteiger partial charge on any atom is -0.497 e. The van der Waals surface area contributed by atoms with Gasteiger partial charge in [-0.15, -0.1) is 0 Å². The van der Waals surface area contributed by atoms with E-state index in [2.05, 4.69) is 4.72 Å². The number of aliphatic carboxylic acids is 1. The van der Waals surface area contributed by atoms with Gasteiger partial charge in [-0.25, -0.2) is 8.42 Å². The molecule has 0 aliphatic heterocycles. The lowest BCUT2D eigenvalue weighted by Gasteiger charge is -2.21. The number of likely N-dealkylation sites (N-methyl/N-ethyl adjacent to an activating group) is 1. The van der Waals surface area contributed by atoms with Crippen molar-refractivity contribution in [2.45, 2.75) is 37.8 Å². The zero-order valence-electron chi connectivity index (χ0n) is 18.0. The van der Waals surface area contributed by atoms with Crippen LogP contribution in [0.15, 0.2) is 53.4 Å². The van der Waals surface area contributed by atoms with Gasteiger partial charge in [0.1, 0.15) is 11.8 Å². The van der Waals surface area contributed by atoms with E-state index >= 15 is 0 Å². The fourth-order valence-corrected chi connectivity index (χ4v) is 4.59. The molecular weight excluding hydrogens is 420 g/mol. The van der Waals surface area contributed by atoms with Gasteiger partial charge in [0.25, 0.3) is 0 Å². The summed E-state index contributed by atoms with van der Waals surface area (Å²) in [6.07, 6.45) is -0.184. The molecule has 168 valence electrons. The van der Waals surface area contributed by atoms with E-state index in [0.29, 0.717) is 12.3 Å². The van der Waals surface area contributed by atoms with E-state index in [1.54, 1.807) is 20.9 Å². The first kappa shape index (κ1) is 24.4. The third-order valence-corrected chi connectivity index (χ3v) is 6.34. The second-order valence-corrected chi connectivity index (χ2v) is 9.25. The number of carbonyl (C=O) groups is 2. The van der Waals surface area contributed by atoms with Gasteiger partial charge in [0.05, 0.1) is 18.4 Å². The maximum absolute atomic E-state index is 13.0. The molecule has 2 aromatic carbocycles. The summed E-state index contributed by atoms with van der Waals surface area (Å²) in [5, 5.41) is 9.36. The number of carboxylic acids is 1. The fourth-order valence-electron chi connectivity index (χ4n) is 3.03. The van der Waals surface area contributed by atoms with Crippen LogP contribution in [-0.2, 0) is 32.6 Å². The van der Waals surface area contributed by atoms with Crippen LogP contribution >= 0.6 is 0 Å². The highest BCUT2D eigenvalue weighted by Crippen LogP contribution is 2.24. The first-order valence-corrected chi connectivity index (χ1v) is 11.2. The van der Waals surface area contributed by atoms with Crippen LogP contribution in [0.3, 0.4) is 0 Å². The number of carbonyl (C=O) groups excluding carboxylic acids is 1. The molecule has 0 unspecified atom stereocenters. The molecule has 2 rings (SSSR count). The molecule has 31 heavy (non-hydrogen) atoms. The SMILES string of the molecule is COc1ccc(S(=O)(=O)N[C@@H](C(=O)O)C(C)C)c(CC(=O)N(C)Cc2ccccc2)c1. The van der Waals surface area contributed by atoms with E-state index in [1.807, 2.05) is 30.3 Å². The van der Waals surface area contributed by atoms with Gasteiger partial charge in [-0.2, -0.15) is 4.72 Å². The molecule has 0 saturated heterocycles. The van der Waals surface area contributed by atoms with Crippen LogP contribution in [0.5, 0.6) is 5.75 Å². The molecule has 0 aliphatic rings. The van der Waals surface area contributed by atoms with Crippen molar-refractivity contribution in [2.75, 3.05) is 14.2 Å². The molecule has 0 bridgehead atoms. The highest BCUT2D eigenvalue weighted by molar-refractivity contribution is 7.89. The molecular formula is C22H28N2O6S. The molecule has 1 amide bonds. The van der Waals surface area contributed by atoms with E-state index < -0.39 is 28.0 Å². The summed E-state index contributed by atoms with van der Waals surface area (Å²) >= 11 is 0. The Morgan fingerprint density at radius 2 is 1.77 bits per heavy atom. The van der Waals surface area contributed by atoms with Crippen molar-refractivity contribution in [3.05, 3.63) is 59.7 Å². The highest BCUT2D eigenvalue weighted by Gasteiger charge is 2.30. The van der Waals surface area contributed by atoms with E-state index in [1.165, 1.54) is 30.2 Å². The van der Waals surface area contributed by atoms with Crippen LogP contribution in [0.4, 0.5) is 0 Å². The molecule has 0 aliphatic carbocycles. The lowest BCUT2D eigenvalue weighted by molar-refractivity contribution is -0.140. The first-order chi connectivity index (χ1) is 14.5. The number of benzene rings is 2. The van der Waals surface area contributed by atoms with Crippen LogP contribution in [0.2, 0.25) is 0 Å². The Kier molecular flexibility index (Phi) is 8.18. The monoisotopic (exact) mass is 448 g/mol. The number of nitrogens with one attached hydrogen (secondary N) is 1. The first-order valence-electron chi connectivity index (χ1n) is 9.75. The zero-order chi connectivity index (χ0) is 23.2. The topological polar surface area (TPSA) is 113 Å². The maximum atomic E-state index is 13.0. The van der Waals surface area contributed by atoms with Crippen molar-refractivity contribution in [2.24, 2.45) is 5.92 Å². The van der Waals surface area contributed by atoms with Crippen LogP contribution in [0.25, 0.3) is 0 Å². The number of hydrogen-bond donors (Lipinski definition) is 2. The molecule has 0 heterocycles. The standard InChI is InChI=1S/C22H28N2O6S/c1-15(2)21(22(26)27)23-31(28,29)19-11-10-18(30-4)12-17(19)13-20(25)24(3)14-16-8-6-5-7-9-16/h5-12,15,21,23H,13-14H2,1-4H3,(H,26,27)/t21-/m1/s1. The van der Waals surface area contributed by atoms with E-state index in [-0.39, 0.29) is 22.8 Å². The number of sulfonamides is 1. The highest BCUT2D eigenvalue weighted by atomic mass is 32.2. The Hall–Kier alpha value is -2.91. The summed E-state index contributed by atoms with van der Waals surface area (Å²) < 4.78 is 33.4. The molecule has 0 fully saturated rings. The quantitative estimate of drug-likeness (QED) is 0.577. The van der Waals surface area contributed by atoms with Crippen molar-refractivity contribution >= 4 is 21.9 Å². The Morgan fingerprint density at radius 1 is 1.13 bits per heavy atom. The molecule has 2 N–H and O–H groups in total. The third kappa shape index (κ3) is 6.53. The molecule has 8 nitrogen and oxygen atoms in total. The van der Waals surface area contributed by atoms with Crippen molar-refractivity contribution < 1.29 is 27.9 Å². The number of ether oxygens (including phenoxy) is 1. The van der Waals surface area contributed by atoms with Crippen LogP contribution in [-0.4, -0.2) is 50.5 Å².